The van der Waals surface area contributed by atoms with Crippen LogP contribution in [0.25, 0.3) is 0 Å². The number of anilines is 1. The van der Waals surface area contributed by atoms with E-state index in [1.165, 1.54) is 35.2 Å². The minimum Gasteiger partial charge on any atom is -0.472 e. The Bertz CT molecular complexity index is 838. The summed E-state index contributed by atoms with van der Waals surface area (Å²) >= 11 is 0. The number of halogens is 1. The van der Waals surface area contributed by atoms with Crippen molar-refractivity contribution in [1.29, 1.82) is 0 Å². The lowest BCUT2D eigenvalue weighted by Gasteiger charge is -2.35. The lowest BCUT2D eigenvalue weighted by Crippen LogP contribution is -2.52. The second-order valence-electron chi connectivity index (χ2n) is 5.88. The van der Waals surface area contributed by atoms with Gasteiger partial charge < -0.3 is 14.9 Å². The first-order valence-corrected chi connectivity index (χ1v) is 7.19. The molecular weight excluding hydrogens is 317 g/mol. The summed E-state index contributed by atoms with van der Waals surface area (Å²) in [6, 6.07) is 8.41. The van der Waals surface area contributed by atoms with Crippen molar-refractivity contribution in [3.63, 3.8) is 0 Å². The van der Waals surface area contributed by atoms with Crippen LogP contribution < -0.4 is 9.64 Å². The third kappa shape index (κ3) is 2.78. The van der Waals surface area contributed by atoms with Crippen molar-refractivity contribution in [2.75, 3.05) is 4.90 Å². The van der Waals surface area contributed by atoms with Gasteiger partial charge in [0.05, 0.1) is 6.54 Å². The summed E-state index contributed by atoms with van der Waals surface area (Å²) in [4.78, 5) is 28.2. The van der Waals surface area contributed by atoms with Crippen molar-refractivity contribution in [2.45, 2.75) is 26.0 Å². The van der Waals surface area contributed by atoms with Gasteiger partial charge >= 0.3 is 5.82 Å². The Labute approximate surface area is 136 Å². The summed E-state index contributed by atoms with van der Waals surface area (Å²) in [7, 11) is 0. The van der Waals surface area contributed by atoms with Crippen LogP contribution in [-0.4, -0.2) is 21.4 Å². The molecule has 1 aromatic carbocycles. The van der Waals surface area contributed by atoms with Crippen LogP contribution in [0.3, 0.4) is 0 Å². The highest BCUT2D eigenvalue weighted by Gasteiger charge is 2.44. The first kappa shape index (κ1) is 15.9. The molecule has 0 saturated heterocycles. The maximum Gasteiger partial charge on any atom is 0.366 e. The average Bonchev–Trinajstić information content (AvgIpc) is 2.51. The zero-order chi connectivity index (χ0) is 17.5. The second-order valence-corrected chi connectivity index (χ2v) is 5.88. The molecule has 1 aliphatic rings. The van der Waals surface area contributed by atoms with Crippen LogP contribution >= 0.6 is 0 Å². The zero-order valence-corrected chi connectivity index (χ0v) is 13.0. The van der Waals surface area contributed by atoms with E-state index in [9.17, 15) is 19.3 Å². The van der Waals surface area contributed by atoms with E-state index in [1.54, 1.807) is 19.9 Å². The SMILES string of the molecule is CC1(C)Oc2ccc([N+](=O)[O-])nc2N(Cc2cccc(F)c2)C1=O. The Balaban J connectivity index is 2.07. The van der Waals surface area contributed by atoms with Gasteiger partial charge in [0, 0.05) is 6.07 Å². The summed E-state index contributed by atoms with van der Waals surface area (Å²) in [6.45, 7) is 3.22. The number of hydrogen-bond donors (Lipinski definition) is 0. The number of benzene rings is 1. The Morgan fingerprint density at radius 3 is 2.75 bits per heavy atom. The number of nitro groups is 1. The summed E-state index contributed by atoms with van der Waals surface area (Å²) in [5.74, 6) is -0.916. The minimum atomic E-state index is -1.15. The molecule has 7 nitrogen and oxygen atoms in total. The van der Waals surface area contributed by atoms with Gasteiger partial charge in [0.25, 0.3) is 11.7 Å². The highest BCUT2D eigenvalue weighted by molar-refractivity contribution is 6.01. The fraction of sp³-hybridized carbons (Fsp3) is 0.250. The highest BCUT2D eigenvalue weighted by atomic mass is 19.1. The molecule has 0 N–H and O–H groups in total. The maximum atomic E-state index is 13.4. The van der Waals surface area contributed by atoms with Gasteiger partial charge in [0.1, 0.15) is 5.82 Å². The Hall–Kier alpha value is -3.03. The Kier molecular flexibility index (Phi) is 3.67. The third-order valence-electron chi connectivity index (χ3n) is 3.62. The molecule has 0 bridgehead atoms. The summed E-state index contributed by atoms with van der Waals surface area (Å²) in [5, 5.41) is 11.0. The molecule has 124 valence electrons. The second kappa shape index (κ2) is 5.55. The monoisotopic (exact) mass is 331 g/mol. The number of amides is 1. The lowest BCUT2D eigenvalue weighted by molar-refractivity contribution is -0.389. The van der Waals surface area contributed by atoms with Crippen LogP contribution in [0.4, 0.5) is 16.0 Å². The van der Waals surface area contributed by atoms with E-state index in [2.05, 4.69) is 4.98 Å². The van der Waals surface area contributed by atoms with Crippen molar-refractivity contribution in [1.82, 2.24) is 4.98 Å². The first-order valence-electron chi connectivity index (χ1n) is 7.19. The number of fused-ring (bicyclic) bond motifs is 1. The van der Waals surface area contributed by atoms with Gasteiger partial charge in [-0.2, -0.15) is 0 Å². The van der Waals surface area contributed by atoms with Gasteiger partial charge in [-0.3, -0.25) is 9.69 Å². The van der Waals surface area contributed by atoms with Crippen LogP contribution in [0.2, 0.25) is 0 Å². The summed E-state index contributed by atoms with van der Waals surface area (Å²) in [5.41, 5.74) is -0.613. The first-order chi connectivity index (χ1) is 11.3. The lowest BCUT2D eigenvalue weighted by atomic mass is 10.0. The standard InChI is InChI=1S/C16H14FN3O4/c1-16(2)15(21)19(9-10-4-3-5-11(17)8-10)14-12(24-16)6-7-13(18-14)20(22)23/h3-8H,9H2,1-2H3. The molecule has 1 amide bonds. The van der Waals surface area contributed by atoms with E-state index < -0.39 is 28.1 Å². The van der Waals surface area contributed by atoms with Crippen molar-refractivity contribution >= 4 is 17.5 Å². The molecule has 8 heteroatoms. The van der Waals surface area contributed by atoms with Crippen LogP contribution in [-0.2, 0) is 11.3 Å². The predicted octanol–water partition coefficient (Wildman–Crippen LogP) is 2.83. The molecule has 0 saturated carbocycles. The molecule has 2 aromatic rings. The number of hydrogen-bond acceptors (Lipinski definition) is 5. The Morgan fingerprint density at radius 1 is 1.33 bits per heavy atom. The van der Waals surface area contributed by atoms with Crippen molar-refractivity contribution in [2.24, 2.45) is 0 Å². The fourth-order valence-corrected chi connectivity index (χ4v) is 2.50. The molecule has 0 unspecified atom stereocenters. The molecule has 0 atom stereocenters. The van der Waals surface area contributed by atoms with Crippen LogP contribution in [0.15, 0.2) is 36.4 Å². The summed E-state index contributed by atoms with van der Waals surface area (Å²) < 4.78 is 19.0. The fourth-order valence-electron chi connectivity index (χ4n) is 2.50. The van der Waals surface area contributed by atoms with Gasteiger partial charge in [-0.05, 0) is 47.5 Å². The molecule has 0 aliphatic carbocycles. The number of aromatic nitrogens is 1. The zero-order valence-electron chi connectivity index (χ0n) is 13.0. The molecule has 3 rings (SSSR count). The van der Waals surface area contributed by atoms with Gasteiger partial charge in [0.2, 0.25) is 0 Å². The topological polar surface area (TPSA) is 85.6 Å². The quantitative estimate of drug-likeness (QED) is 0.638. The number of rotatable bonds is 3. The largest absolute Gasteiger partial charge is 0.472 e. The highest BCUT2D eigenvalue weighted by Crippen LogP contribution is 2.38. The number of nitrogens with zero attached hydrogens (tertiary/aromatic N) is 3. The van der Waals surface area contributed by atoms with E-state index in [1.807, 2.05) is 0 Å². The molecular formula is C16H14FN3O4. The summed E-state index contributed by atoms with van der Waals surface area (Å²) in [6.07, 6.45) is 0. The van der Waals surface area contributed by atoms with E-state index in [-0.39, 0.29) is 18.1 Å². The van der Waals surface area contributed by atoms with Crippen LogP contribution in [0.5, 0.6) is 5.75 Å². The molecule has 1 aromatic heterocycles. The molecule has 1 aliphatic heterocycles. The van der Waals surface area contributed by atoms with Crippen LogP contribution in [0, 0.1) is 15.9 Å². The van der Waals surface area contributed by atoms with E-state index in [4.69, 9.17) is 4.74 Å². The van der Waals surface area contributed by atoms with Crippen molar-refractivity contribution in [3.8, 4) is 5.75 Å². The number of carbonyl (C=O) groups excluding carboxylic acids is 1. The third-order valence-corrected chi connectivity index (χ3v) is 3.62. The van der Waals surface area contributed by atoms with E-state index in [0.717, 1.165) is 0 Å². The molecule has 0 spiro atoms. The van der Waals surface area contributed by atoms with Gasteiger partial charge in [-0.15, -0.1) is 0 Å². The van der Waals surface area contributed by atoms with Crippen molar-refractivity contribution < 1.29 is 18.8 Å². The number of carbonyl (C=O) groups is 1. The maximum absolute atomic E-state index is 13.4. The number of ether oxygens (including phenoxy) is 1. The van der Waals surface area contributed by atoms with E-state index in [0.29, 0.717) is 5.56 Å². The minimum absolute atomic E-state index is 0.0323. The molecule has 2 heterocycles. The smallest absolute Gasteiger partial charge is 0.366 e. The van der Waals surface area contributed by atoms with E-state index >= 15 is 0 Å². The molecule has 0 radical (unpaired) electrons. The number of pyridine rings is 1. The van der Waals surface area contributed by atoms with Crippen molar-refractivity contribution in [3.05, 3.63) is 57.9 Å². The predicted molar refractivity (Wildman–Crippen MR) is 83.2 cm³/mol. The average molecular weight is 331 g/mol. The normalized spacial score (nSPS) is 15.6. The Morgan fingerprint density at radius 2 is 2.08 bits per heavy atom. The molecule has 0 fully saturated rings. The molecule has 24 heavy (non-hydrogen) atoms. The van der Waals surface area contributed by atoms with Gasteiger partial charge in [0.15, 0.2) is 11.4 Å². The van der Waals surface area contributed by atoms with Crippen LogP contribution in [0.1, 0.15) is 19.4 Å². The van der Waals surface area contributed by atoms with Gasteiger partial charge in [-0.1, -0.05) is 12.1 Å². The van der Waals surface area contributed by atoms with Gasteiger partial charge in [-0.25, -0.2) is 4.39 Å².